The minimum atomic E-state index is -0.834. The van der Waals surface area contributed by atoms with Crippen LogP contribution in [-0.4, -0.2) is 16.2 Å². The van der Waals surface area contributed by atoms with Gasteiger partial charge in [0, 0.05) is 18.2 Å². The van der Waals surface area contributed by atoms with Gasteiger partial charge in [0.2, 0.25) is 0 Å². The summed E-state index contributed by atoms with van der Waals surface area (Å²) in [5.41, 5.74) is 2.90. The highest BCUT2D eigenvalue weighted by Gasteiger charge is 2.13. The first-order valence-corrected chi connectivity index (χ1v) is 7.47. The molecule has 0 aromatic heterocycles. The number of carboxylic acids is 1. The van der Waals surface area contributed by atoms with E-state index in [-0.39, 0.29) is 11.5 Å². The Morgan fingerprint density at radius 1 is 1.05 bits per heavy atom. The molecule has 0 fully saturated rings. The molecule has 3 nitrogen and oxygen atoms in total. The molecule has 4 heteroatoms. The Labute approximate surface area is 128 Å². The number of rotatable bonds is 5. The molecule has 0 unspecified atom stereocenters. The van der Waals surface area contributed by atoms with Crippen LogP contribution < -0.4 is 0 Å². The Morgan fingerprint density at radius 3 is 2.38 bits per heavy atom. The number of carbonyl (C=O) groups excluding carboxylic acids is 1. The Balaban J connectivity index is 2.46. The zero-order valence-electron chi connectivity index (χ0n) is 11.7. The van der Waals surface area contributed by atoms with Crippen molar-refractivity contribution in [2.75, 3.05) is 0 Å². The van der Waals surface area contributed by atoms with Crippen molar-refractivity contribution < 1.29 is 14.7 Å². The predicted octanol–water partition coefficient (Wildman–Crippen LogP) is 4.01. The highest BCUT2D eigenvalue weighted by atomic mass is 32.2. The first-order valence-electron chi connectivity index (χ1n) is 6.65. The zero-order chi connectivity index (χ0) is 15.2. The number of hydrogen-bond acceptors (Lipinski definition) is 3. The van der Waals surface area contributed by atoms with E-state index in [0.717, 1.165) is 21.6 Å². The van der Waals surface area contributed by atoms with E-state index in [0.29, 0.717) is 6.42 Å². The van der Waals surface area contributed by atoms with Crippen LogP contribution in [0.2, 0.25) is 0 Å². The van der Waals surface area contributed by atoms with Crippen LogP contribution in [0.25, 0.3) is 11.1 Å². The minimum Gasteiger partial charge on any atom is -0.481 e. The van der Waals surface area contributed by atoms with Crippen LogP contribution in [-0.2, 0) is 16.0 Å². The molecule has 2 aromatic carbocycles. The average molecular weight is 300 g/mol. The van der Waals surface area contributed by atoms with E-state index in [2.05, 4.69) is 0 Å². The van der Waals surface area contributed by atoms with Gasteiger partial charge < -0.3 is 5.11 Å². The van der Waals surface area contributed by atoms with Crippen LogP contribution in [0.5, 0.6) is 0 Å². The van der Waals surface area contributed by atoms with Crippen molar-refractivity contribution in [1.82, 2.24) is 0 Å². The van der Waals surface area contributed by atoms with Gasteiger partial charge in [0.25, 0.3) is 0 Å². The van der Waals surface area contributed by atoms with Crippen molar-refractivity contribution in [1.29, 1.82) is 0 Å². The molecule has 0 aliphatic heterocycles. The third kappa shape index (κ3) is 4.20. The maximum Gasteiger partial charge on any atom is 0.303 e. The van der Waals surface area contributed by atoms with Crippen LogP contribution >= 0.6 is 11.8 Å². The summed E-state index contributed by atoms with van der Waals surface area (Å²) >= 11 is 1.17. The third-order valence-corrected chi connectivity index (χ3v) is 4.01. The molecule has 0 heterocycles. The number of aryl methyl sites for hydroxylation is 1. The Hall–Kier alpha value is -2.07. The van der Waals surface area contributed by atoms with Crippen LogP contribution in [0.1, 0.15) is 18.9 Å². The van der Waals surface area contributed by atoms with E-state index in [1.54, 1.807) is 0 Å². The summed E-state index contributed by atoms with van der Waals surface area (Å²) in [4.78, 5) is 23.2. The van der Waals surface area contributed by atoms with Crippen molar-refractivity contribution in [3.8, 4) is 11.1 Å². The normalized spacial score (nSPS) is 10.3. The van der Waals surface area contributed by atoms with Crippen molar-refractivity contribution >= 4 is 22.8 Å². The van der Waals surface area contributed by atoms with Crippen LogP contribution in [0.3, 0.4) is 0 Å². The molecule has 0 bridgehead atoms. The van der Waals surface area contributed by atoms with Gasteiger partial charge in [-0.05, 0) is 23.1 Å². The lowest BCUT2D eigenvalue weighted by molar-refractivity contribution is -0.137. The largest absolute Gasteiger partial charge is 0.481 e. The van der Waals surface area contributed by atoms with Crippen molar-refractivity contribution in [3.63, 3.8) is 0 Å². The molecule has 0 saturated carbocycles. The highest BCUT2D eigenvalue weighted by molar-refractivity contribution is 8.13. The van der Waals surface area contributed by atoms with Crippen LogP contribution in [0.4, 0.5) is 0 Å². The summed E-state index contributed by atoms with van der Waals surface area (Å²) in [6.07, 6.45) is 0.481. The molecule has 0 aliphatic rings. The van der Waals surface area contributed by atoms with Gasteiger partial charge in [0.05, 0.1) is 0 Å². The molecule has 0 aliphatic carbocycles. The number of aliphatic carboxylic acids is 1. The average Bonchev–Trinajstić information content (AvgIpc) is 2.46. The standard InChI is InChI=1S/C17H16O3S/c1-12(18)21-17-14(10-11-16(19)20)8-5-9-15(17)13-6-3-2-4-7-13/h2-9H,10-11H2,1H3,(H,19,20). The van der Waals surface area contributed by atoms with Gasteiger partial charge in [-0.1, -0.05) is 60.3 Å². The predicted molar refractivity (Wildman–Crippen MR) is 84.4 cm³/mol. The lowest BCUT2D eigenvalue weighted by atomic mass is 10.0. The second-order valence-corrected chi connectivity index (χ2v) is 5.83. The van der Waals surface area contributed by atoms with Gasteiger partial charge in [-0.15, -0.1) is 0 Å². The topological polar surface area (TPSA) is 54.4 Å². The summed E-state index contributed by atoms with van der Waals surface area (Å²) in [5, 5.41) is 8.86. The molecule has 0 saturated heterocycles. The van der Waals surface area contributed by atoms with E-state index in [9.17, 15) is 9.59 Å². The number of carboxylic acid groups (broad SMARTS) is 1. The summed E-state index contributed by atoms with van der Waals surface area (Å²) in [7, 11) is 0. The van der Waals surface area contributed by atoms with E-state index in [1.165, 1.54) is 18.7 Å². The SMILES string of the molecule is CC(=O)Sc1c(CCC(=O)O)cccc1-c1ccccc1. The summed E-state index contributed by atoms with van der Waals surface area (Å²) in [6.45, 7) is 1.52. The van der Waals surface area contributed by atoms with Crippen molar-refractivity contribution in [2.45, 2.75) is 24.7 Å². The van der Waals surface area contributed by atoms with Gasteiger partial charge in [0.1, 0.15) is 0 Å². The number of hydrogen-bond donors (Lipinski definition) is 1. The molecule has 2 aromatic rings. The zero-order valence-corrected chi connectivity index (χ0v) is 12.5. The Morgan fingerprint density at radius 2 is 1.76 bits per heavy atom. The molecule has 2 rings (SSSR count). The highest BCUT2D eigenvalue weighted by Crippen LogP contribution is 2.35. The second kappa shape index (κ2) is 7.09. The van der Waals surface area contributed by atoms with Gasteiger partial charge in [-0.3, -0.25) is 9.59 Å². The third-order valence-electron chi connectivity index (χ3n) is 3.04. The van der Waals surface area contributed by atoms with Gasteiger partial charge in [-0.2, -0.15) is 0 Å². The van der Waals surface area contributed by atoms with E-state index < -0.39 is 5.97 Å². The first-order chi connectivity index (χ1) is 10.1. The molecule has 0 spiro atoms. The number of carbonyl (C=O) groups is 2. The summed E-state index contributed by atoms with van der Waals surface area (Å²) in [6, 6.07) is 15.6. The fraction of sp³-hybridized carbons (Fsp3) is 0.176. The fourth-order valence-corrected chi connectivity index (χ4v) is 3.02. The van der Waals surface area contributed by atoms with Crippen LogP contribution in [0, 0.1) is 0 Å². The quantitative estimate of drug-likeness (QED) is 0.848. The van der Waals surface area contributed by atoms with Crippen molar-refractivity contribution in [3.05, 3.63) is 54.1 Å². The molecular formula is C17H16O3S. The molecule has 1 N–H and O–H groups in total. The smallest absolute Gasteiger partial charge is 0.303 e. The maximum atomic E-state index is 11.5. The van der Waals surface area contributed by atoms with Crippen molar-refractivity contribution in [2.24, 2.45) is 0 Å². The lowest BCUT2D eigenvalue weighted by Gasteiger charge is -2.13. The number of thioether (sulfide) groups is 1. The van der Waals surface area contributed by atoms with Crippen LogP contribution in [0.15, 0.2) is 53.4 Å². The summed E-state index contributed by atoms with van der Waals surface area (Å²) in [5.74, 6) is -0.834. The van der Waals surface area contributed by atoms with E-state index in [4.69, 9.17) is 5.11 Å². The molecule has 21 heavy (non-hydrogen) atoms. The molecular weight excluding hydrogens is 284 g/mol. The molecule has 0 radical (unpaired) electrons. The lowest BCUT2D eigenvalue weighted by Crippen LogP contribution is -2.00. The Kier molecular flexibility index (Phi) is 5.17. The van der Waals surface area contributed by atoms with E-state index >= 15 is 0 Å². The van der Waals surface area contributed by atoms with Gasteiger partial charge in [0.15, 0.2) is 5.12 Å². The molecule has 0 atom stereocenters. The minimum absolute atomic E-state index is 0.00467. The molecule has 0 amide bonds. The van der Waals surface area contributed by atoms with Gasteiger partial charge in [-0.25, -0.2) is 0 Å². The fourth-order valence-electron chi connectivity index (χ4n) is 2.13. The Bertz CT molecular complexity index is 650. The van der Waals surface area contributed by atoms with E-state index in [1.807, 2.05) is 48.5 Å². The number of benzene rings is 2. The first kappa shape index (κ1) is 15.3. The second-order valence-electron chi connectivity index (χ2n) is 4.65. The summed E-state index contributed by atoms with van der Waals surface area (Å²) < 4.78 is 0. The monoisotopic (exact) mass is 300 g/mol. The van der Waals surface area contributed by atoms with Gasteiger partial charge >= 0.3 is 5.97 Å². The molecule has 108 valence electrons. The maximum absolute atomic E-state index is 11.5.